The van der Waals surface area contributed by atoms with Crippen molar-refractivity contribution in [3.05, 3.63) is 65.6 Å². The highest BCUT2D eigenvalue weighted by atomic mass is 15.3. The van der Waals surface area contributed by atoms with Crippen LogP contribution in [-0.4, -0.2) is 40.4 Å². The Kier molecular flexibility index (Phi) is 5.02. The van der Waals surface area contributed by atoms with E-state index >= 15 is 0 Å². The van der Waals surface area contributed by atoms with Gasteiger partial charge in [-0.25, -0.2) is 4.98 Å². The smallest absolute Gasteiger partial charge is 0.227 e. The summed E-state index contributed by atoms with van der Waals surface area (Å²) < 4.78 is 1.95. The molecule has 140 valence electrons. The maximum absolute atomic E-state index is 4.83. The van der Waals surface area contributed by atoms with Crippen LogP contribution in [0, 0.1) is 0 Å². The molecule has 7 nitrogen and oxygen atoms in total. The number of anilines is 2. The number of fused-ring (bicyclic) bond motifs is 1. The number of hydrogen-bond donors (Lipinski definition) is 2. The molecule has 4 rings (SSSR count). The minimum absolute atomic E-state index is 0.0648. The van der Waals surface area contributed by atoms with Crippen molar-refractivity contribution in [2.24, 2.45) is 0 Å². The monoisotopic (exact) mass is 363 g/mol. The van der Waals surface area contributed by atoms with E-state index in [9.17, 15) is 0 Å². The zero-order valence-corrected chi connectivity index (χ0v) is 15.8. The molecule has 1 unspecified atom stereocenters. The lowest BCUT2D eigenvalue weighted by Gasteiger charge is -2.26. The van der Waals surface area contributed by atoms with Gasteiger partial charge in [0.15, 0.2) is 0 Å². The first-order valence-electron chi connectivity index (χ1n) is 9.27. The highest BCUT2D eigenvalue weighted by molar-refractivity contribution is 5.53. The summed E-state index contributed by atoms with van der Waals surface area (Å²) in [5.41, 5.74) is 3.50. The summed E-state index contributed by atoms with van der Waals surface area (Å²) in [7, 11) is 3.94. The third-order valence-electron chi connectivity index (χ3n) is 4.77. The molecule has 0 radical (unpaired) electrons. The van der Waals surface area contributed by atoms with Crippen LogP contribution < -0.4 is 15.5 Å². The van der Waals surface area contributed by atoms with Crippen molar-refractivity contribution in [2.45, 2.75) is 25.6 Å². The van der Waals surface area contributed by atoms with Gasteiger partial charge >= 0.3 is 0 Å². The lowest BCUT2D eigenvalue weighted by Crippen LogP contribution is -2.29. The minimum atomic E-state index is 0.0648. The van der Waals surface area contributed by atoms with E-state index < -0.39 is 0 Å². The predicted molar refractivity (Wildman–Crippen MR) is 107 cm³/mol. The van der Waals surface area contributed by atoms with Crippen LogP contribution in [0.25, 0.3) is 0 Å². The Bertz CT molecular complexity index is 875. The topological polar surface area (TPSA) is 70.9 Å². The van der Waals surface area contributed by atoms with Gasteiger partial charge in [0.1, 0.15) is 5.82 Å². The summed E-state index contributed by atoms with van der Waals surface area (Å²) in [5.74, 6) is 1.65. The van der Waals surface area contributed by atoms with Crippen LogP contribution in [0.3, 0.4) is 0 Å². The van der Waals surface area contributed by atoms with Crippen LogP contribution in [0.2, 0.25) is 0 Å². The number of rotatable bonds is 6. The molecular weight excluding hydrogens is 338 g/mol. The van der Waals surface area contributed by atoms with E-state index in [0.29, 0.717) is 0 Å². The van der Waals surface area contributed by atoms with Crippen LogP contribution in [0.15, 0.2) is 48.8 Å². The van der Waals surface area contributed by atoms with E-state index in [4.69, 9.17) is 9.97 Å². The molecule has 1 atom stereocenters. The highest BCUT2D eigenvalue weighted by Crippen LogP contribution is 2.27. The van der Waals surface area contributed by atoms with Gasteiger partial charge < -0.3 is 15.5 Å². The van der Waals surface area contributed by atoms with E-state index in [1.54, 1.807) is 0 Å². The van der Waals surface area contributed by atoms with E-state index in [-0.39, 0.29) is 6.04 Å². The fourth-order valence-corrected chi connectivity index (χ4v) is 3.35. The van der Waals surface area contributed by atoms with Gasteiger partial charge in [-0.05, 0) is 24.6 Å². The van der Waals surface area contributed by atoms with Gasteiger partial charge in [0.2, 0.25) is 5.95 Å². The van der Waals surface area contributed by atoms with Crippen LogP contribution in [0.5, 0.6) is 0 Å². The molecule has 3 aromatic rings. The summed E-state index contributed by atoms with van der Waals surface area (Å²) in [6.07, 6.45) is 4.72. The second-order valence-electron chi connectivity index (χ2n) is 6.95. The average Bonchev–Trinajstić information content (AvgIpc) is 3.21. The Balaban J connectivity index is 1.71. The van der Waals surface area contributed by atoms with Crippen LogP contribution in [0.1, 0.15) is 22.9 Å². The molecule has 0 saturated heterocycles. The fourth-order valence-electron chi connectivity index (χ4n) is 3.35. The van der Waals surface area contributed by atoms with E-state index in [0.717, 1.165) is 43.5 Å². The number of nitrogens with one attached hydrogen (secondary N) is 2. The lowest BCUT2D eigenvalue weighted by molar-refractivity contribution is 0.547. The molecular formula is C20H25N7. The third kappa shape index (κ3) is 3.93. The molecule has 0 amide bonds. The summed E-state index contributed by atoms with van der Waals surface area (Å²) >= 11 is 0. The minimum Gasteiger partial charge on any atom is -0.361 e. The summed E-state index contributed by atoms with van der Waals surface area (Å²) in [4.78, 5) is 11.5. The molecule has 2 aromatic heterocycles. The van der Waals surface area contributed by atoms with Crippen molar-refractivity contribution >= 4 is 11.8 Å². The lowest BCUT2D eigenvalue weighted by atomic mass is 10.0. The number of nitrogens with zero attached hydrogens (tertiary/aromatic N) is 5. The van der Waals surface area contributed by atoms with Gasteiger partial charge in [-0.3, -0.25) is 4.68 Å². The van der Waals surface area contributed by atoms with Crippen molar-refractivity contribution in [1.29, 1.82) is 0 Å². The largest absolute Gasteiger partial charge is 0.361 e. The summed E-state index contributed by atoms with van der Waals surface area (Å²) in [6, 6.07) is 12.5. The zero-order valence-electron chi connectivity index (χ0n) is 15.8. The first-order valence-corrected chi connectivity index (χ1v) is 9.27. The van der Waals surface area contributed by atoms with E-state index in [1.165, 1.54) is 11.1 Å². The first-order chi connectivity index (χ1) is 13.2. The Labute approximate surface area is 159 Å². The molecule has 3 heterocycles. The molecule has 0 fully saturated rings. The van der Waals surface area contributed by atoms with Crippen molar-refractivity contribution in [3.8, 4) is 0 Å². The second kappa shape index (κ2) is 7.75. The molecule has 1 aliphatic heterocycles. The molecule has 0 bridgehead atoms. The fraction of sp³-hybridized carbons (Fsp3) is 0.350. The standard InChI is InChI=1S/C20H25N7/c1-26(2)20-24-17-13-21-11-9-16(17)19(25-20)23-18(14-27-12-6-10-22-27)15-7-4-3-5-8-15/h3-8,10,12,18,21H,9,11,13-14H2,1-2H3,(H,23,24,25). The van der Waals surface area contributed by atoms with Crippen LogP contribution >= 0.6 is 0 Å². The zero-order chi connectivity index (χ0) is 18.6. The Morgan fingerprint density at radius 1 is 1.19 bits per heavy atom. The van der Waals surface area contributed by atoms with Gasteiger partial charge in [-0.1, -0.05) is 30.3 Å². The van der Waals surface area contributed by atoms with E-state index in [2.05, 4.69) is 40.0 Å². The van der Waals surface area contributed by atoms with Crippen molar-refractivity contribution in [3.63, 3.8) is 0 Å². The second-order valence-corrected chi connectivity index (χ2v) is 6.95. The highest BCUT2D eigenvalue weighted by Gasteiger charge is 2.21. The Morgan fingerprint density at radius 3 is 2.78 bits per heavy atom. The first kappa shape index (κ1) is 17.5. The number of benzene rings is 1. The summed E-state index contributed by atoms with van der Waals surface area (Å²) in [6.45, 7) is 2.45. The maximum Gasteiger partial charge on any atom is 0.227 e. The van der Waals surface area contributed by atoms with Gasteiger partial charge in [-0.2, -0.15) is 10.1 Å². The number of hydrogen-bond acceptors (Lipinski definition) is 6. The molecule has 1 aromatic carbocycles. The Morgan fingerprint density at radius 2 is 2.04 bits per heavy atom. The molecule has 0 spiro atoms. The average molecular weight is 363 g/mol. The molecule has 0 saturated carbocycles. The Hall–Kier alpha value is -2.93. The molecule has 1 aliphatic rings. The predicted octanol–water partition coefficient (Wildman–Crippen LogP) is 2.24. The number of aromatic nitrogens is 4. The van der Waals surface area contributed by atoms with Crippen LogP contribution in [0.4, 0.5) is 11.8 Å². The molecule has 27 heavy (non-hydrogen) atoms. The normalized spacial score (nSPS) is 14.4. The van der Waals surface area contributed by atoms with Gasteiger partial charge in [0.05, 0.1) is 18.3 Å². The SMILES string of the molecule is CN(C)c1nc2c(c(NC(Cn3cccn3)c3ccccc3)n1)CCNC2. The van der Waals surface area contributed by atoms with Crippen molar-refractivity contribution < 1.29 is 0 Å². The van der Waals surface area contributed by atoms with Crippen molar-refractivity contribution in [2.75, 3.05) is 30.9 Å². The third-order valence-corrected chi connectivity index (χ3v) is 4.77. The molecule has 7 heteroatoms. The van der Waals surface area contributed by atoms with Crippen molar-refractivity contribution in [1.82, 2.24) is 25.1 Å². The quantitative estimate of drug-likeness (QED) is 0.700. The summed E-state index contributed by atoms with van der Waals surface area (Å²) in [5, 5.41) is 11.5. The van der Waals surface area contributed by atoms with Gasteiger partial charge in [-0.15, -0.1) is 0 Å². The molecule has 0 aliphatic carbocycles. The molecule has 2 N–H and O–H groups in total. The van der Waals surface area contributed by atoms with Gasteiger partial charge in [0, 0.05) is 38.6 Å². The van der Waals surface area contributed by atoms with E-state index in [1.807, 2.05) is 48.2 Å². The maximum atomic E-state index is 4.83. The van der Waals surface area contributed by atoms with Gasteiger partial charge in [0.25, 0.3) is 0 Å². The van der Waals surface area contributed by atoms with Crippen LogP contribution in [-0.2, 0) is 19.5 Å².